The van der Waals surface area contributed by atoms with Crippen molar-refractivity contribution in [3.05, 3.63) is 36.1 Å². The summed E-state index contributed by atoms with van der Waals surface area (Å²) in [7, 11) is 2.98. The van der Waals surface area contributed by atoms with Gasteiger partial charge in [-0.15, -0.1) is 0 Å². The molecular weight excluding hydrogens is 249 g/mol. The molecule has 0 aliphatic heterocycles. The molecule has 1 heterocycles. The van der Waals surface area contributed by atoms with Gasteiger partial charge in [-0.25, -0.2) is 4.39 Å². The molecule has 1 aromatic carbocycles. The molecule has 0 aliphatic rings. The summed E-state index contributed by atoms with van der Waals surface area (Å²) >= 11 is 0. The zero-order valence-electron chi connectivity index (χ0n) is 10.6. The summed E-state index contributed by atoms with van der Waals surface area (Å²) in [5.74, 6) is 0.833. The van der Waals surface area contributed by atoms with E-state index < -0.39 is 0 Å². The first-order valence-corrected chi connectivity index (χ1v) is 5.55. The molecule has 0 atom stereocenters. The van der Waals surface area contributed by atoms with Crippen molar-refractivity contribution in [1.82, 2.24) is 4.98 Å². The van der Waals surface area contributed by atoms with Gasteiger partial charge in [-0.2, -0.15) is 4.98 Å². The van der Waals surface area contributed by atoms with Gasteiger partial charge >= 0.3 is 0 Å². The van der Waals surface area contributed by atoms with Crippen LogP contribution in [0.15, 0.2) is 30.3 Å². The fraction of sp³-hybridized carbons (Fsp3) is 0.154. The maximum atomic E-state index is 13.1. The minimum Gasteiger partial charge on any atom is -0.494 e. The first kappa shape index (κ1) is 12.9. The van der Waals surface area contributed by atoms with Crippen LogP contribution in [-0.4, -0.2) is 19.2 Å². The standard InChI is InChI=1S/C13H14FN3O2/c1-18-11-7-8(14)3-5-10(11)16-13-9(15)4-6-12(17-13)19-2/h3-7H,15H2,1-2H3,(H,16,17). The summed E-state index contributed by atoms with van der Waals surface area (Å²) in [6, 6.07) is 7.47. The fourth-order valence-corrected chi connectivity index (χ4v) is 1.56. The second kappa shape index (κ2) is 5.43. The number of benzene rings is 1. The highest BCUT2D eigenvalue weighted by Gasteiger charge is 2.08. The number of nitrogens with two attached hydrogens (primary N) is 1. The van der Waals surface area contributed by atoms with Gasteiger partial charge in [0, 0.05) is 12.1 Å². The number of hydrogen-bond donors (Lipinski definition) is 2. The van der Waals surface area contributed by atoms with E-state index in [0.717, 1.165) is 0 Å². The number of nitrogen functional groups attached to an aromatic ring is 1. The Morgan fingerprint density at radius 1 is 1.16 bits per heavy atom. The molecule has 0 saturated heterocycles. The second-order valence-corrected chi connectivity index (χ2v) is 3.76. The molecule has 3 N–H and O–H groups in total. The predicted molar refractivity (Wildman–Crippen MR) is 71.4 cm³/mol. The highest BCUT2D eigenvalue weighted by molar-refractivity contribution is 5.72. The number of methoxy groups -OCH3 is 2. The fourth-order valence-electron chi connectivity index (χ4n) is 1.56. The van der Waals surface area contributed by atoms with Crippen LogP contribution in [0.3, 0.4) is 0 Å². The van der Waals surface area contributed by atoms with Gasteiger partial charge in [0.2, 0.25) is 5.88 Å². The lowest BCUT2D eigenvalue weighted by Crippen LogP contribution is -2.02. The van der Waals surface area contributed by atoms with E-state index in [4.69, 9.17) is 15.2 Å². The monoisotopic (exact) mass is 263 g/mol. The Bertz CT molecular complexity index is 590. The SMILES string of the molecule is COc1ccc(N)c(Nc2ccc(F)cc2OC)n1. The molecule has 100 valence electrons. The molecule has 0 aliphatic carbocycles. The van der Waals surface area contributed by atoms with E-state index in [1.165, 1.54) is 26.4 Å². The number of anilines is 3. The normalized spacial score (nSPS) is 10.1. The van der Waals surface area contributed by atoms with E-state index >= 15 is 0 Å². The smallest absolute Gasteiger partial charge is 0.215 e. The lowest BCUT2D eigenvalue weighted by Gasteiger charge is -2.12. The Balaban J connectivity index is 2.35. The van der Waals surface area contributed by atoms with Crippen LogP contribution in [0.1, 0.15) is 0 Å². The van der Waals surface area contributed by atoms with E-state index in [0.29, 0.717) is 28.8 Å². The highest BCUT2D eigenvalue weighted by atomic mass is 19.1. The van der Waals surface area contributed by atoms with Gasteiger partial charge in [-0.3, -0.25) is 0 Å². The van der Waals surface area contributed by atoms with Gasteiger partial charge in [-0.1, -0.05) is 0 Å². The van der Waals surface area contributed by atoms with Crippen LogP contribution in [-0.2, 0) is 0 Å². The molecule has 2 rings (SSSR count). The van der Waals surface area contributed by atoms with Crippen molar-refractivity contribution in [3.63, 3.8) is 0 Å². The topological polar surface area (TPSA) is 69.4 Å². The number of pyridine rings is 1. The second-order valence-electron chi connectivity index (χ2n) is 3.76. The summed E-state index contributed by atoms with van der Waals surface area (Å²) < 4.78 is 23.2. The van der Waals surface area contributed by atoms with Crippen molar-refractivity contribution >= 4 is 17.2 Å². The van der Waals surface area contributed by atoms with Crippen LogP contribution in [0.25, 0.3) is 0 Å². The molecule has 0 fully saturated rings. The maximum Gasteiger partial charge on any atom is 0.215 e. The van der Waals surface area contributed by atoms with Gasteiger partial charge in [-0.05, 0) is 18.2 Å². The molecule has 0 saturated carbocycles. The van der Waals surface area contributed by atoms with E-state index in [2.05, 4.69) is 10.3 Å². The molecule has 0 bridgehead atoms. The summed E-state index contributed by atoms with van der Waals surface area (Å²) in [5, 5.41) is 2.99. The van der Waals surface area contributed by atoms with Crippen molar-refractivity contribution in [2.75, 3.05) is 25.3 Å². The summed E-state index contributed by atoms with van der Waals surface area (Å²) in [4.78, 5) is 4.18. The first-order valence-electron chi connectivity index (χ1n) is 5.55. The number of nitrogens with one attached hydrogen (secondary N) is 1. The molecule has 19 heavy (non-hydrogen) atoms. The lowest BCUT2D eigenvalue weighted by molar-refractivity contribution is 0.398. The third-order valence-electron chi connectivity index (χ3n) is 2.53. The summed E-state index contributed by atoms with van der Waals surface area (Å²) in [6.07, 6.45) is 0. The van der Waals surface area contributed by atoms with Crippen molar-refractivity contribution in [1.29, 1.82) is 0 Å². The molecule has 0 radical (unpaired) electrons. The molecular formula is C13H14FN3O2. The lowest BCUT2D eigenvalue weighted by atomic mass is 10.2. The average molecular weight is 263 g/mol. The number of halogens is 1. The van der Waals surface area contributed by atoms with Crippen LogP contribution in [0.5, 0.6) is 11.6 Å². The van der Waals surface area contributed by atoms with Crippen molar-refractivity contribution in [2.24, 2.45) is 0 Å². The van der Waals surface area contributed by atoms with Crippen LogP contribution in [0, 0.1) is 5.82 Å². The number of nitrogens with zero attached hydrogens (tertiary/aromatic N) is 1. The molecule has 2 aromatic rings. The number of aromatic nitrogens is 1. The molecule has 5 nitrogen and oxygen atoms in total. The molecule has 0 spiro atoms. The zero-order chi connectivity index (χ0) is 13.8. The highest BCUT2D eigenvalue weighted by Crippen LogP contribution is 2.30. The Hall–Kier alpha value is -2.50. The van der Waals surface area contributed by atoms with E-state index in [9.17, 15) is 4.39 Å². The number of ether oxygens (including phenoxy) is 2. The maximum absolute atomic E-state index is 13.1. The van der Waals surface area contributed by atoms with Crippen molar-refractivity contribution < 1.29 is 13.9 Å². The summed E-state index contributed by atoms with van der Waals surface area (Å²) in [5.41, 5.74) is 6.84. The number of hydrogen-bond acceptors (Lipinski definition) is 5. The molecule has 0 unspecified atom stereocenters. The predicted octanol–water partition coefficient (Wildman–Crippen LogP) is 2.56. The Kier molecular flexibility index (Phi) is 3.70. The minimum atomic E-state index is -0.381. The average Bonchev–Trinajstić information content (AvgIpc) is 2.43. The Labute approximate surface area is 110 Å². The molecule has 1 aromatic heterocycles. The zero-order valence-corrected chi connectivity index (χ0v) is 10.6. The quantitative estimate of drug-likeness (QED) is 0.887. The van der Waals surface area contributed by atoms with Crippen molar-refractivity contribution in [3.8, 4) is 11.6 Å². The van der Waals surface area contributed by atoms with Gasteiger partial charge in [0.05, 0.1) is 25.6 Å². The van der Waals surface area contributed by atoms with Crippen LogP contribution in [0.2, 0.25) is 0 Å². The Morgan fingerprint density at radius 3 is 2.63 bits per heavy atom. The van der Waals surface area contributed by atoms with E-state index in [-0.39, 0.29) is 5.82 Å². The minimum absolute atomic E-state index is 0.365. The third-order valence-corrected chi connectivity index (χ3v) is 2.53. The third kappa shape index (κ3) is 2.85. The van der Waals surface area contributed by atoms with Gasteiger partial charge in [0.1, 0.15) is 11.6 Å². The van der Waals surface area contributed by atoms with Gasteiger partial charge < -0.3 is 20.5 Å². The largest absolute Gasteiger partial charge is 0.494 e. The van der Waals surface area contributed by atoms with Crippen molar-refractivity contribution in [2.45, 2.75) is 0 Å². The molecule has 0 amide bonds. The van der Waals surface area contributed by atoms with Crippen LogP contribution in [0.4, 0.5) is 21.6 Å². The van der Waals surface area contributed by atoms with Gasteiger partial charge in [0.15, 0.2) is 5.82 Å². The van der Waals surface area contributed by atoms with Gasteiger partial charge in [0.25, 0.3) is 0 Å². The summed E-state index contributed by atoms with van der Waals surface area (Å²) in [6.45, 7) is 0. The van der Waals surface area contributed by atoms with E-state index in [1.54, 1.807) is 18.2 Å². The van der Waals surface area contributed by atoms with Crippen LogP contribution >= 0.6 is 0 Å². The number of rotatable bonds is 4. The Morgan fingerprint density at radius 2 is 1.95 bits per heavy atom. The molecule has 6 heteroatoms. The van der Waals surface area contributed by atoms with E-state index in [1.807, 2.05) is 0 Å². The van der Waals surface area contributed by atoms with Crippen LogP contribution < -0.4 is 20.5 Å². The first-order chi connectivity index (χ1) is 9.13.